The van der Waals surface area contributed by atoms with Crippen LogP contribution in [-0.4, -0.2) is 6.61 Å². The summed E-state index contributed by atoms with van der Waals surface area (Å²) < 4.78 is 29.5. The van der Waals surface area contributed by atoms with Gasteiger partial charge >= 0.3 is 6.61 Å². The average molecular weight is 341 g/mol. The van der Waals surface area contributed by atoms with Crippen LogP contribution in [0, 0.1) is 13.8 Å². The van der Waals surface area contributed by atoms with E-state index in [4.69, 9.17) is 0 Å². The molecule has 0 aliphatic carbocycles. The van der Waals surface area contributed by atoms with Crippen LogP contribution in [0.4, 0.5) is 8.78 Å². The van der Waals surface area contributed by atoms with E-state index in [0.717, 1.165) is 11.1 Å². The van der Waals surface area contributed by atoms with Gasteiger partial charge in [-0.05, 0) is 31.0 Å². The molecule has 106 valence electrons. The first kappa shape index (κ1) is 15.0. The van der Waals surface area contributed by atoms with Crippen LogP contribution in [0.5, 0.6) is 5.75 Å². The smallest absolute Gasteiger partial charge is 0.387 e. The lowest BCUT2D eigenvalue weighted by atomic mass is 9.98. The van der Waals surface area contributed by atoms with E-state index in [1.165, 1.54) is 5.56 Å². The van der Waals surface area contributed by atoms with Crippen molar-refractivity contribution in [2.24, 2.45) is 0 Å². The van der Waals surface area contributed by atoms with E-state index in [1.807, 2.05) is 32.0 Å². The highest BCUT2D eigenvalue weighted by Gasteiger charge is 2.18. The number of aryl methyl sites for hydroxylation is 2. The molecular formula is C16H15BrF2O. The fraction of sp³-hybridized carbons (Fsp3) is 0.250. The van der Waals surface area contributed by atoms with E-state index in [-0.39, 0.29) is 10.6 Å². The molecule has 0 N–H and O–H groups in total. The van der Waals surface area contributed by atoms with Gasteiger partial charge in [0, 0.05) is 5.56 Å². The highest BCUT2D eigenvalue weighted by Crippen LogP contribution is 2.38. The molecule has 0 aliphatic rings. The summed E-state index contributed by atoms with van der Waals surface area (Å²) >= 11 is 3.59. The molecular weight excluding hydrogens is 326 g/mol. The first-order valence-corrected chi connectivity index (χ1v) is 7.15. The molecule has 0 heterocycles. The van der Waals surface area contributed by atoms with Crippen LogP contribution in [-0.2, 0) is 0 Å². The third-order valence-corrected chi connectivity index (χ3v) is 4.09. The number of alkyl halides is 3. The molecule has 1 unspecified atom stereocenters. The molecule has 0 saturated carbocycles. The van der Waals surface area contributed by atoms with Crippen LogP contribution in [0.15, 0.2) is 42.5 Å². The highest BCUT2D eigenvalue weighted by molar-refractivity contribution is 9.09. The highest BCUT2D eigenvalue weighted by atomic mass is 79.9. The van der Waals surface area contributed by atoms with E-state index >= 15 is 0 Å². The fourth-order valence-corrected chi connectivity index (χ4v) is 3.06. The number of hydrogen-bond donors (Lipinski definition) is 0. The van der Waals surface area contributed by atoms with Crippen LogP contribution in [0.1, 0.15) is 27.1 Å². The third-order valence-electron chi connectivity index (χ3n) is 3.11. The van der Waals surface area contributed by atoms with E-state index in [0.29, 0.717) is 5.56 Å². The summed E-state index contributed by atoms with van der Waals surface area (Å²) in [6, 6.07) is 12.9. The van der Waals surface area contributed by atoms with Crippen molar-refractivity contribution in [3.8, 4) is 5.75 Å². The molecule has 0 aromatic heterocycles. The Morgan fingerprint density at radius 2 is 1.70 bits per heavy atom. The van der Waals surface area contributed by atoms with Crippen molar-refractivity contribution in [2.75, 3.05) is 0 Å². The Bertz CT molecular complexity index is 599. The summed E-state index contributed by atoms with van der Waals surface area (Å²) in [4.78, 5) is -0.182. The Labute approximate surface area is 125 Å². The minimum Gasteiger partial charge on any atom is -0.434 e. The zero-order valence-electron chi connectivity index (χ0n) is 11.2. The minimum atomic E-state index is -2.82. The number of benzene rings is 2. The molecule has 0 fully saturated rings. The van der Waals surface area contributed by atoms with Gasteiger partial charge in [-0.25, -0.2) is 0 Å². The maximum absolute atomic E-state index is 12.5. The van der Waals surface area contributed by atoms with Crippen LogP contribution < -0.4 is 4.74 Å². The number of rotatable bonds is 4. The summed E-state index contributed by atoms with van der Waals surface area (Å²) in [5.41, 5.74) is 4.02. The molecule has 4 heteroatoms. The Morgan fingerprint density at radius 3 is 2.35 bits per heavy atom. The largest absolute Gasteiger partial charge is 0.434 e. The van der Waals surface area contributed by atoms with Crippen LogP contribution in [0.3, 0.4) is 0 Å². The predicted octanol–water partition coefficient (Wildman–Crippen LogP) is 5.39. The molecule has 2 rings (SSSR count). The van der Waals surface area contributed by atoms with Gasteiger partial charge in [0.2, 0.25) is 0 Å². The van der Waals surface area contributed by atoms with Crippen molar-refractivity contribution in [2.45, 2.75) is 25.3 Å². The molecule has 0 saturated heterocycles. The zero-order chi connectivity index (χ0) is 14.7. The molecule has 0 aliphatic heterocycles. The van der Waals surface area contributed by atoms with Gasteiger partial charge < -0.3 is 4.74 Å². The Morgan fingerprint density at radius 1 is 1.00 bits per heavy atom. The molecule has 0 spiro atoms. The molecule has 2 aromatic carbocycles. The molecule has 0 amide bonds. The quantitative estimate of drug-likeness (QED) is 0.678. The summed E-state index contributed by atoms with van der Waals surface area (Å²) in [6.45, 7) is 1.20. The topological polar surface area (TPSA) is 9.23 Å². The monoisotopic (exact) mass is 340 g/mol. The van der Waals surface area contributed by atoms with Crippen molar-refractivity contribution in [1.29, 1.82) is 0 Å². The Kier molecular flexibility index (Phi) is 4.76. The van der Waals surface area contributed by atoms with Crippen molar-refractivity contribution in [3.05, 3.63) is 64.7 Å². The van der Waals surface area contributed by atoms with Gasteiger partial charge in [-0.1, -0.05) is 57.9 Å². The van der Waals surface area contributed by atoms with Crippen molar-refractivity contribution >= 4 is 15.9 Å². The first-order chi connectivity index (χ1) is 9.49. The fourth-order valence-electron chi connectivity index (χ4n) is 2.17. The SMILES string of the molecule is Cc1ccc(C(Br)c2ccccc2OC(F)F)c(C)c1. The van der Waals surface area contributed by atoms with Crippen molar-refractivity contribution < 1.29 is 13.5 Å². The second kappa shape index (κ2) is 6.35. The van der Waals surface area contributed by atoms with E-state index < -0.39 is 6.61 Å². The van der Waals surface area contributed by atoms with E-state index in [9.17, 15) is 8.78 Å². The van der Waals surface area contributed by atoms with Gasteiger partial charge in [0.25, 0.3) is 0 Å². The number of halogens is 3. The van der Waals surface area contributed by atoms with Crippen LogP contribution >= 0.6 is 15.9 Å². The maximum Gasteiger partial charge on any atom is 0.387 e. The summed E-state index contributed by atoms with van der Waals surface area (Å²) in [5.74, 6) is 0.198. The van der Waals surface area contributed by atoms with Gasteiger partial charge in [-0.15, -0.1) is 0 Å². The molecule has 20 heavy (non-hydrogen) atoms. The first-order valence-electron chi connectivity index (χ1n) is 6.24. The molecule has 1 atom stereocenters. The Hall–Kier alpha value is -1.42. The molecule has 0 bridgehead atoms. The summed E-state index contributed by atoms with van der Waals surface area (Å²) in [6.07, 6.45) is 0. The summed E-state index contributed by atoms with van der Waals surface area (Å²) in [7, 11) is 0. The maximum atomic E-state index is 12.5. The second-order valence-corrected chi connectivity index (χ2v) is 5.55. The number of ether oxygens (including phenoxy) is 1. The van der Waals surface area contributed by atoms with Crippen LogP contribution in [0.2, 0.25) is 0 Å². The molecule has 0 radical (unpaired) electrons. The van der Waals surface area contributed by atoms with Crippen molar-refractivity contribution in [1.82, 2.24) is 0 Å². The lowest BCUT2D eigenvalue weighted by Crippen LogP contribution is -2.06. The zero-order valence-corrected chi connectivity index (χ0v) is 12.8. The standard InChI is InChI=1S/C16H15BrF2O/c1-10-7-8-12(11(2)9-10)15(17)13-5-3-4-6-14(13)20-16(18)19/h3-9,15-16H,1-2H3. The Balaban J connectivity index is 2.40. The number of hydrogen-bond acceptors (Lipinski definition) is 1. The molecule has 2 aromatic rings. The lowest BCUT2D eigenvalue weighted by molar-refractivity contribution is -0.0503. The lowest BCUT2D eigenvalue weighted by Gasteiger charge is -2.17. The second-order valence-electron chi connectivity index (χ2n) is 4.64. The normalized spacial score (nSPS) is 12.5. The van der Waals surface area contributed by atoms with Gasteiger partial charge in [-0.2, -0.15) is 8.78 Å². The summed E-state index contributed by atoms with van der Waals surface area (Å²) in [5, 5.41) is 0. The molecule has 1 nitrogen and oxygen atoms in total. The number of para-hydroxylation sites is 1. The van der Waals surface area contributed by atoms with E-state index in [2.05, 4.69) is 26.7 Å². The predicted molar refractivity (Wildman–Crippen MR) is 79.8 cm³/mol. The van der Waals surface area contributed by atoms with Gasteiger partial charge in [-0.3, -0.25) is 0 Å². The average Bonchev–Trinajstić information content (AvgIpc) is 2.38. The van der Waals surface area contributed by atoms with Gasteiger partial charge in [0.15, 0.2) is 0 Å². The van der Waals surface area contributed by atoms with E-state index in [1.54, 1.807) is 18.2 Å². The van der Waals surface area contributed by atoms with Gasteiger partial charge in [0.05, 0.1) is 4.83 Å². The minimum absolute atomic E-state index is 0.182. The van der Waals surface area contributed by atoms with Crippen molar-refractivity contribution in [3.63, 3.8) is 0 Å². The van der Waals surface area contributed by atoms with Gasteiger partial charge in [0.1, 0.15) is 5.75 Å². The third kappa shape index (κ3) is 3.37. The van der Waals surface area contributed by atoms with Crippen LogP contribution in [0.25, 0.3) is 0 Å².